The maximum absolute atomic E-state index is 2.55. The molecule has 18 heavy (non-hydrogen) atoms. The van der Waals surface area contributed by atoms with Crippen LogP contribution in [0.25, 0.3) is 0 Å². The molecule has 102 valence electrons. The summed E-state index contributed by atoms with van der Waals surface area (Å²) in [5.41, 5.74) is 0.993. The number of hydrogen-bond donors (Lipinski definition) is 0. The van der Waals surface area contributed by atoms with Crippen LogP contribution in [0.1, 0.15) is 70.6 Å². The quantitative estimate of drug-likeness (QED) is 0.485. The normalized spacial score (nSPS) is 26.7. The molecular formula is C17H30P+. The second-order valence-corrected chi connectivity index (χ2v) is 10.1. The Morgan fingerprint density at radius 3 is 1.50 bits per heavy atom. The summed E-state index contributed by atoms with van der Waals surface area (Å²) in [6, 6.07) is 0. The molecule has 0 bridgehead atoms. The van der Waals surface area contributed by atoms with Crippen molar-refractivity contribution in [1.82, 2.24) is 0 Å². The SMILES string of the molecule is C[P+]1(C2CCCCCCCCCCC2)C=CC=C1. The highest BCUT2D eigenvalue weighted by atomic mass is 31.2. The van der Waals surface area contributed by atoms with Gasteiger partial charge in [0.25, 0.3) is 0 Å². The van der Waals surface area contributed by atoms with E-state index >= 15 is 0 Å². The highest BCUT2D eigenvalue weighted by Gasteiger charge is 2.37. The van der Waals surface area contributed by atoms with Crippen LogP contribution in [0.2, 0.25) is 0 Å². The van der Waals surface area contributed by atoms with Gasteiger partial charge < -0.3 is 0 Å². The first-order valence-electron chi connectivity index (χ1n) is 8.04. The third-order valence-corrected chi connectivity index (χ3v) is 8.51. The molecule has 1 aliphatic heterocycles. The molecule has 0 atom stereocenters. The van der Waals surface area contributed by atoms with Crippen molar-refractivity contribution in [3.8, 4) is 0 Å². The molecule has 0 aromatic heterocycles. The predicted molar refractivity (Wildman–Crippen MR) is 85.7 cm³/mol. The van der Waals surface area contributed by atoms with Gasteiger partial charge in [-0.3, -0.25) is 0 Å². The Bertz CT molecular complexity index is 266. The summed E-state index contributed by atoms with van der Waals surface area (Å²) < 4.78 is 0. The van der Waals surface area contributed by atoms with Gasteiger partial charge in [0.15, 0.2) is 0 Å². The van der Waals surface area contributed by atoms with Crippen molar-refractivity contribution in [3.05, 3.63) is 23.8 Å². The Hall–Kier alpha value is -0.0900. The fourth-order valence-corrected chi connectivity index (χ4v) is 6.47. The lowest BCUT2D eigenvalue weighted by Gasteiger charge is -2.25. The minimum atomic E-state index is -0.862. The molecule has 0 aromatic carbocycles. The van der Waals surface area contributed by atoms with Gasteiger partial charge in [-0.2, -0.15) is 0 Å². The van der Waals surface area contributed by atoms with Crippen LogP contribution in [0.5, 0.6) is 0 Å². The minimum absolute atomic E-state index is 0.862. The van der Waals surface area contributed by atoms with Gasteiger partial charge in [-0.1, -0.05) is 44.9 Å². The van der Waals surface area contributed by atoms with Crippen LogP contribution in [-0.2, 0) is 0 Å². The average Bonchev–Trinajstić information content (AvgIpc) is 2.78. The second-order valence-electron chi connectivity index (χ2n) is 6.32. The molecule has 0 unspecified atom stereocenters. The van der Waals surface area contributed by atoms with E-state index in [-0.39, 0.29) is 0 Å². The third-order valence-electron chi connectivity index (χ3n) is 4.79. The van der Waals surface area contributed by atoms with E-state index < -0.39 is 7.26 Å². The smallest absolute Gasteiger partial charge is 0.0533 e. The standard InChI is InChI=1S/C17H30P/c1-18(15-11-12-16-18)17-13-9-7-5-3-2-4-6-8-10-14-17/h11-12,15-17H,2-10,13-14H2,1H3/q+1. The highest BCUT2D eigenvalue weighted by molar-refractivity contribution is 7.81. The Morgan fingerprint density at radius 2 is 1.06 bits per heavy atom. The molecule has 1 saturated carbocycles. The Morgan fingerprint density at radius 1 is 0.667 bits per heavy atom. The number of rotatable bonds is 1. The summed E-state index contributed by atoms with van der Waals surface area (Å²) in [4.78, 5) is 0. The molecule has 1 heterocycles. The maximum atomic E-state index is 2.55. The molecule has 0 amide bonds. The van der Waals surface area contributed by atoms with Crippen LogP contribution in [-0.4, -0.2) is 12.3 Å². The predicted octanol–water partition coefficient (Wildman–Crippen LogP) is 6.35. The zero-order valence-corrected chi connectivity index (χ0v) is 13.0. The van der Waals surface area contributed by atoms with Crippen LogP contribution >= 0.6 is 7.26 Å². The van der Waals surface area contributed by atoms with Gasteiger partial charge >= 0.3 is 0 Å². The lowest BCUT2D eigenvalue weighted by molar-refractivity contribution is 0.507. The third kappa shape index (κ3) is 4.23. The molecular weight excluding hydrogens is 235 g/mol. The topological polar surface area (TPSA) is 0 Å². The summed E-state index contributed by atoms with van der Waals surface area (Å²) >= 11 is 0. The molecule has 0 nitrogen and oxygen atoms in total. The molecule has 2 rings (SSSR count). The van der Waals surface area contributed by atoms with Crippen molar-refractivity contribution in [3.63, 3.8) is 0 Å². The van der Waals surface area contributed by atoms with Gasteiger partial charge in [-0.15, -0.1) is 0 Å². The Kier molecular flexibility index (Phi) is 5.96. The molecule has 0 saturated heterocycles. The van der Waals surface area contributed by atoms with Crippen LogP contribution in [0.4, 0.5) is 0 Å². The first-order chi connectivity index (χ1) is 8.81. The van der Waals surface area contributed by atoms with Crippen molar-refractivity contribution < 1.29 is 0 Å². The van der Waals surface area contributed by atoms with Crippen molar-refractivity contribution in [2.45, 2.75) is 76.3 Å². The first-order valence-corrected chi connectivity index (χ1v) is 10.5. The van der Waals surface area contributed by atoms with Gasteiger partial charge in [-0.25, -0.2) is 0 Å². The van der Waals surface area contributed by atoms with Gasteiger partial charge in [-0.05, 0) is 37.8 Å². The van der Waals surface area contributed by atoms with E-state index in [2.05, 4.69) is 30.5 Å². The summed E-state index contributed by atoms with van der Waals surface area (Å²) in [7, 11) is -0.862. The zero-order valence-electron chi connectivity index (χ0n) is 12.1. The Balaban J connectivity index is 1.89. The van der Waals surface area contributed by atoms with Crippen molar-refractivity contribution in [1.29, 1.82) is 0 Å². The minimum Gasteiger partial charge on any atom is -0.0533 e. The van der Waals surface area contributed by atoms with E-state index in [1.54, 1.807) is 0 Å². The number of hydrogen-bond acceptors (Lipinski definition) is 0. The summed E-state index contributed by atoms with van der Waals surface area (Å²) in [5.74, 6) is 5.09. The average molecular weight is 265 g/mol. The molecule has 1 aliphatic carbocycles. The lowest BCUT2D eigenvalue weighted by Crippen LogP contribution is -2.10. The fraction of sp³-hybridized carbons (Fsp3) is 0.765. The van der Waals surface area contributed by atoms with Gasteiger partial charge in [0.1, 0.15) is 0 Å². The summed E-state index contributed by atoms with van der Waals surface area (Å²) in [6.45, 7) is 2.55. The van der Waals surface area contributed by atoms with E-state index in [0.717, 1.165) is 5.66 Å². The second kappa shape index (κ2) is 7.49. The van der Waals surface area contributed by atoms with Crippen molar-refractivity contribution in [2.75, 3.05) is 6.66 Å². The zero-order chi connectivity index (χ0) is 12.7. The molecule has 1 heteroatoms. The molecule has 0 N–H and O–H groups in total. The van der Waals surface area contributed by atoms with Crippen molar-refractivity contribution >= 4 is 7.26 Å². The van der Waals surface area contributed by atoms with Gasteiger partial charge in [0.05, 0.1) is 31.2 Å². The van der Waals surface area contributed by atoms with Crippen LogP contribution < -0.4 is 0 Å². The molecule has 0 spiro atoms. The fourth-order valence-electron chi connectivity index (χ4n) is 3.46. The van der Waals surface area contributed by atoms with Gasteiger partial charge in [0.2, 0.25) is 0 Å². The van der Waals surface area contributed by atoms with Crippen LogP contribution in [0.15, 0.2) is 23.8 Å². The maximum Gasteiger partial charge on any atom is 0.0777 e. The first kappa shape index (κ1) is 14.3. The van der Waals surface area contributed by atoms with E-state index in [1.165, 1.54) is 70.6 Å². The van der Waals surface area contributed by atoms with E-state index in [4.69, 9.17) is 0 Å². The summed E-state index contributed by atoms with van der Waals surface area (Å²) in [5, 5.41) is 0. The largest absolute Gasteiger partial charge is 0.0777 e. The van der Waals surface area contributed by atoms with E-state index in [9.17, 15) is 0 Å². The Labute approximate surface area is 114 Å². The van der Waals surface area contributed by atoms with E-state index in [0.29, 0.717) is 0 Å². The molecule has 0 radical (unpaired) electrons. The molecule has 0 aromatic rings. The lowest BCUT2D eigenvalue weighted by atomic mass is 10.0. The molecule has 1 fully saturated rings. The van der Waals surface area contributed by atoms with Crippen LogP contribution in [0, 0.1) is 0 Å². The highest BCUT2D eigenvalue weighted by Crippen LogP contribution is 2.67. The van der Waals surface area contributed by atoms with Crippen LogP contribution in [0.3, 0.4) is 0 Å². The summed E-state index contributed by atoms with van der Waals surface area (Å²) in [6.07, 6.45) is 20.9. The van der Waals surface area contributed by atoms with Crippen molar-refractivity contribution in [2.24, 2.45) is 0 Å². The molecule has 2 aliphatic rings. The number of allylic oxidation sites excluding steroid dienone is 2. The van der Waals surface area contributed by atoms with E-state index in [1.807, 2.05) is 0 Å². The van der Waals surface area contributed by atoms with Gasteiger partial charge in [0, 0.05) is 0 Å². The monoisotopic (exact) mass is 265 g/mol.